The number of aromatic nitrogens is 4. The SMILES string of the molecule is Clc1ccc(-n2cc(-c3cncc4ccccc34)nn2)cc1. The van der Waals surface area contributed by atoms with E-state index >= 15 is 0 Å². The molecule has 106 valence electrons. The predicted molar refractivity (Wildman–Crippen MR) is 87.1 cm³/mol. The fourth-order valence-corrected chi connectivity index (χ4v) is 2.55. The summed E-state index contributed by atoms with van der Waals surface area (Å²) < 4.78 is 1.73. The summed E-state index contributed by atoms with van der Waals surface area (Å²) in [5.74, 6) is 0. The van der Waals surface area contributed by atoms with Gasteiger partial charge in [-0.1, -0.05) is 41.1 Å². The minimum atomic E-state index is 0.697. The van der Waals surface area contributed by atoms with Crippen LogP contribution in [-0.2, 0) is 0 Å². The minimum Gasteiger partial charge on any atom is -0.263 e. The monoisotopic (exact) mass is 306 g/mol. The molecule has 5 heteroatoms. The molecule has 0 aliphatic heterocycles. The van der Waals surface area contributed by atoms with Gasteiger partial charge in [0, 0.05) is 28.4 Å². The van der Waals surface area contributed by atoms with Gasteiger partial charge in [0.25, 0.3) is 0 Å². The Morgan fingerprint density at radius 2 is 1.73 bits per heavy atom. The summed E-state index contributed by atoms with van der Waals surface area (Å²) in [6, 6.07) is 15.6. The van der Waals surface area contributed by atoms with Crippen molar-refractivity contribution in [2.24, 2.45) is 0 Å². The number of rotatable bonds is 2. The van der Waals surface area contributed by atoms with Gasteiger partial charge in [0.2, 0.25) is 0 Å². The Bertz CT molecular complexity index is 939. The number of hydrogen-bond acceptors (Lipinski definition) is 3. The highest BCUT2D eigenvalue weighted by Gasteiger charge is 2.09. The molecule has 0 N–H and O–H groups in total. The van der Waals surface area contributed by atoms with Gasteiger partial charge in [0.05, 0.1) is 11.9 Å². The van der Waals surface area contributed by atoms with Crippen molar-refractivity contribution in [3.63, 3.8) is 0 Å². The molecule has 0 spiro atoms. The number of fused-ring (bicyclic) bond motifs is 1. The van der Waals surface area contributed by atoms with E-state index in [4.69, 9.17) is 11.6 Å². The van der Waals surface area contributed by atoms with Crippen LogP contribution < -0.4 is 0 Å². The summed E-state index contributed by atoms with van der Waals surface area (Å²) in [7, 11) is 0. The number of nitrogens with zero attached hydrogens (tertiary/aromatic N) is 4. The molecule has 0 radical (unpaired) electrons. The van der Waals surface area contributed by atoms with Crippen LogP contribution in [0.15, 0.2) is 67.1 Å². The lowest BCUT2D eigenvalue weighted by atomic mass is 10.1. The number of pyridine rings is 1. The van der Waals surface area contributed by atoms with Crippen LogP contribution in [0.5, 0.6) is 0 Å². The van der Waals surface area contributed by atoms with Crippen LogP contribution in [0, 0.1) is 0 Å². The van der Waals surface area contributed by atoms with Crippen molar-refractivity contribution < 1.29 is 0 Å². The molecule has 0 saturated heterocycles. The molecule has 2 heterocycles. The van der Waals surface area contributed by atoms with Crippen LogP contribution in [0.25, 0.3) is 27.7 Å². The molecular formula is C17H11ClN4. The molecule has 2 aromatic carbocycles. The van der Waals surface area contributed by atoms with E-state index in [1.54, 1.807) is 4.68 Å². The first kappa shape index (κ1) is 13.0. The number of benzene rings is 2. The summed E-state index contributed by atoms with van der Waals surface area (Å²) in [6.07, 6.45) is 5.56. The van der Waals surface area contributed by atoms with Gasteiger partial charge in [-0.05, 0) is 29.7 Å². The molecule has 0 saturated carbocycles. The Hall–Kier alpha value is -2.72. The van der Waals surface area contributed by atoms with E-state index in [9.17, 15) is 0 Å². The van der Waals surface area contributed by atoms with E-state index in [0.29, 0.717) is 5.02 Å². The maximum atomic E-state index is 5.91. The van der Waals surface area contributed by atoms with Crippen molar-refractivity contribution >= 4 is 22.4 Å². The topological polar surface area (TPSA) is 43.6 Å². The lowest BCUT2D eigenvalue weighted by Crippen LogP contribution is -1.93. The zero-order valence-electron chi connectivity index (χ0n) is 11.5. The first-order valence-corrected chi connectivity index (χ1v) is 7.20. The first-order chi connectivity index (χ1) is 10.8. The van der Waals surface area contributed by atoms with E-state index in [-0.39, 0.29) is 0 Å². The van der Waals surface area contributed by atoms with Gasteiger partial charge in [-0.15, -0.1) is 5.10 Å². The van der Waals surface area contributed by atoms with Gasteiger partial charge in [-0.3, -0.25) is 4.98 Å². The van der Waals surface area contributed by atoms with Crippen LogP contribution in [0.3, 0.4) is 0 Å². The molecule has 0 aliphatic carbocycles. The molecule has 0 atom stereocenters. The van der Waals surface area contributed by atoms with Crippen molar-refractivity contribution in [3.8, 4) is 16.9 Å². The van der Waals surface area contributed by atoms with E-state index in [1.165, 1.54) is 0 Å². The van der Waals surface area contributed by atoms with Crippen molar-refractivity contribution in [2.45, 2.75) is 0 Å². The van der Waals surface area contributed by atoms with Gasteiger partial charge in [-0.2, -0.15) is 0 Å². The van der Waals surface area contributed by atoms with Crippen molar-refractivity contribution in [1.82, 2.24) is 20.0 Å². The van der Waals surface area contributed by atoms with E-state index in [0.717, 1.165) is 27.7 Å². The van der Waals surface area contributed by atoms with Crippen LogP contribution >= 0.6 is 11.6 Å². The molecule has 0 bridgehead atoms. The average molecular weight is 307 g/mol. The second-order valence-corrected chi connectivity index (χ2v) is 5.37. The summed E-state index contributed by atoms with van der Waals surface area (Å²) >= 11 is 5.91. The summed E-state index contributed by atoms with van der Waals surface area (Å²) in [5, 5.41) is 11.4. The van der Waals surface area contributed by atoms with Crippen molar-refractivity contribution in [1.29, 1.82) is 0 Å². The highest BCUT2D eigenvalue weighted by atomic mass is 35.5. The van der Waals surface area contributed by atoms with E-state index in [2.05, 4.69) is 21.4 Å². The fourth-order valence-electron chi connectivity index (χ4n) is 2.43. The summed E-state index contributed by atoms with van der Waals surface area (Å²) in [5.41, 5.74) is 2.67. The molecule has 2 aromatic heterocycles. The fraction of sp³-hybridized carbons (Fsp3) is 0. The second kappa shape index (κ2) is 5.24. The maximum Gasteiger partial charge on any atom is 0.115 e. The lowest BCUT2D eigenvalue weighted by molar-refractivity contribution is 0.804. The van der Waals surface area contributed by atoms with Gasteiger partial charge in [0.15, 0.2) is 0 Å². The highest BCUT2D eigenvalue weighted by molar-refractivity contribution is 6.30. The Balaban J connectivity index is 1.82. The summed E-state index contributed by atoms with van der Waals surface area (Å²) in [4.78, 5) is 4.29. The Morgan fingerprint density at radius 3 is 2.59 bits per heavy atom. The maximum absolute atomic E-state index is 5.91. The van der Waals surface area contributed by atoms with Crippen molar-refractivity contribution in [2.75, 3.05) is 0 Å². The zero-order chi connectivity index (χ0) is 14.9. The Labute approximate surface area is 132 Å². The third-order valence-corrected chi connectivity index (χ3v) is 3.78. The van der Waals surface area contributed by atoms with Crippen LogP contribution in [0.1, 0.15) is 0 Å². The predicted octanol–water partition coefficient (Wildman–Crippen LogP) is 4.14. The first-order valence-electron chi connectivity index (χ1n) is 6.83. The zero-order valence-corrected chi connectivity index (χ0v) is 12.3. The number of hydrogen-bond donors (Lipinski definition) is 0. The van der Waals surface area contributed by atoms with Gasteiger partial charge in [0.1, 0.15) is 5.69 Å². The Morgan fingerprint density at radius 1 is 0.909 bits per heavy atom. The van der Waals surface area contributed by atoms with Gasteiger partial charge >= 0.3 is 0 Å². The molecule has 0 unspecified atom stereocenters. The van der Waals surface area contributed by atoms with Crippen molar-refractivity contribution in [3.05, 3.63) is 72.1 Å². The summed E-state index contributed by atoms with van der Waals surface area (Å²) in [6.45, 7) is 0. The molecular weight excluding hydrogens is 296 g/mol. The number of halogens is 1. The third-order valence-electron chi connectivity index (χ3n) is 3.53. The minimum absolute atomic E-state index is 0.697. The second-order valence-electron chi connectivity index (χ2n) is 4.93. The normalized spacial score (nSPS) is 11.0. The lowest BCUT2D eigenvalue weighted by Gasteiger charge is -2.02. The molecule has 22 heavy (non-hydrogen) atoms. The quantitative estimate of drug-likeness (QED) is 0.559. The molecule has 0 fully saturated rings. The standard InChI is InChI=1S/C17H11ClN4/c18-13-5-7-14(8-6-13)22-11-17(20-21-22)16-10-19-9-12-3-1-2-4-15(12)16/h1-11H. The van der Waals surface area contributed by atoms with Crippen LogP contribution in [0.4, 0.5) is 0 Å². The van der Waals surface area contributed by atoms with Crippen LogP contribution in [0.2, 0.25) is 5.02 Å². The smallest absolute Gasteiger partial charge is 0.115 e. The van der Waals surface area contributed by atoms with E-state index < -0.39 is 0 Å². The molecule has 4 aromatic rings. The molecule has 0 amide bonds. The molecule has 0 aliphatic rings. The molecule has 4 nitrogen and oxygen atoms in total. The van der Waals surface area contributed by atoms with E-state index in [1.807, 2.05) is 61.1 Å². The average Bonchev–Trinajstić information content (AvgIpc) is 3.05. The highest BCUT2D eigenvalue weighted by Crippen LogP contribution is 2.26. The molecule has 4 rings (SSSR count). The Kier molecular flexibility index (Phi) is 3.09. The van der Waals surface area contributed by atoms with Gasteiger partial charge in [-0.25, -0.2) is 4.68 Å². The van der Waals surface area contributed by atoms with Gasteiger partial charge < -0.3 is 0 Å². The van der Waals surface area contributed by atoms with Crippen LogP contribution in [-0.4, -0.2) is 20.0 Å². The largest absolute Gasteiger partial charge is 0.263 e. The third kappa shape index (κ3) is 2.23.